The largest absolute Gasteiger partial charge is 0.352 e. The second-order valence-electron chi connectivity index (χ2n) is 6.80. The minimum atomic E-state index is 0.881. The zero-order chi connectivity index (χ0) is 19.2. The molecule has 0 bridgehead atoms. The lowest BCUT2D eigenvalue weighted by molar-refractivity contribution is 1.12. The number of H-pyrrole nitrogens is 2. The number of aromatic nitrogens is 6. The fourth-order valence-corrected chi connectivity index (χ4v) is 4.33. The van der Waals surface area contributed by atoms with Crippen LogP contribution in [0.15, 0.2) is 72.2 Å². The van der Waals surface area contributed by atoms with Gasteiger partial charge in [-0.15, -0.1) is 0 Å². The van der Waals surface area contributed by atoms with Crippen LogP contribution in [0.1, 0.15) is 0 Å². The molecule has 6 nitrogen and oxygen atoms in total. The van der Waals surface area contributed by atoms with E-state index in [9.17, 15) is 0 Å². The highest BCUT2D eigenvalue weighted by Crippen LogP contribution is 2.35. The highest BCUT2D eigenvalue weighted by atomic mass is 32.1. The van der Waals surface area contributed by atoms with Crippen LogP contribution in [0.5, 0.6) is 0 Å². The van der Waals surface area contributed by atoms with E-state index in [0.717, 1.165) is 49.9 Å². The summed E-state index contributed by atoms with van der Waals surface area (Å²) < 4.78 is 0. The number of hydrogen-bond donors (Lipinski definition) is 2. The molecule has 0 unspecified atom stereocenters. The van der Waals surface area contributed by atoms with Gasteiger partial charge < -0.3 is 4.98 Å². The summed E-state index contributed by atoms with van der Waals surface area (Å²) in [6.07, 6.45) is 8.94. The molecule has 7 heteroatoms. The van der Waals surface area contributed by atoms with E-state index in [1.165, 1.54) is 11.9 Å². The molecule has 5 heterocycles. The molecule has 6 rings (SSSR count). The van der Waals surface area contributed by atoms with Crippen LogP contribution in [0, 0.1) is 0 Å². The van der Waals surface area contributed by atoms with E-state index in [1.54, 1.807) is 11.3 Å². The van der Waals surface area contributed by atoms with Crippen LogP contribution in [0.2, 0.25) is 0 Å². The molecule has 0 saturated heterocycles. The molecule has 1 aromatic carbocycles. The lowest BCUT2D eigenvalue weighted by Crippen LogP contribution is -1.83. The smallest absolute Gasteiger partial charge is 0.116 e. The number of rotatable bonds is 3. The van der Waals surface area contributed by atoms with Gasteiger partial charge in [-0.3, -0.25) is 10.1 Å². The Hall–Kier alpha value is -3.84. The Morgan fingerprint density at radius 1 is 0.759 bits per heavy atom. The van der Waals surface area contributed by atoms with Crippen LogP contribution in [-0.2, 0) is 0 Å². The summed E-state index contributed by atoms with van der Waals surface area (Å²) in [5.74, 6) is 0. The monoisotopic (exact) mass is 394 g/mol. The molecule has 5 aromatic heterocycles. The highest BCUT2D eigenvalue weighted by Gasteiger charge is 2.14. The maximum atomic E-state index is 4.58. The number of aromatic amines is 2. The van der Waals surface area contributed by atoms with E-state index >= 15 is 0 Å². The van der Waals surface area contributed by atoms with E-state index in [-0.39, 0.29) is 0 Å². The summed E-state index contributed by atoms with van der Waals surface area (Å²) in [5.41, 5.74) is 8.14. The first-order chi connectivity index (χ1) is 14.4. The molecule has 0 aliphatic rings. The molecule has 0 amide bonds. The van der Waals surface area contributed by atoms with Gasteiger partial charge in [0.1, 0.15) is 12.0 Å². The van der Waals surface area contributed by atoms with Gasteiger partial charge in [0.2, 0.25) is 0 Å². The zero-order valence-corrected chi connectivity index (χ0v) is 15.9. The summed E-state index contributed by atoms with van der Waals surface area (Å²) in [6, 6.07) is 10.5. The lowest BCUT2D eigenvalue weighted by Gasteiger charge is -2.01. The minimum Gasteiger partial charge on any atom is -0.352 e. The van der Waals surface area contributed by atoms with Gasteiger partial charge in [-0.25, -0.2) is 9.97 Å². The molecule has 0 fully saturated rings. The van der Waals surface area contributed by atoms with Crippen molar-refractivity contribution in [3.8, 4) is 33.6 Å². The number of hydrogen-bond acceptors (Lipinski definition) is 5. The SMILES string of the molecule is c1ncc(-c2ccc3[nH]nc(-c4cc5c(-c6ccsc6)cncc5[nH]4)c3c2)cn1. The maximum absolute atomic E-state index is 4.58. The summed E-state index contributed by atoms with van der Waals surface area (Å²) in [4.78, 5) is 16.1. The van der Waals surface area contributed by atoms with Crippen LogP contribution in [-0.4, -0.2) is 30.1 Å². The third kappa shape index (κ3) is 2.63. The standard InChI is InChI=1S/C22H14N6S/c1-2-19-17(5-13(1)15-7-24-12-25-8-15)22(28-27-19)20-6-16-18(14-3-4-29-11-14)9-23-10-21(16)26-20/h1-12,26H,(H,27,28). The van der Waals surface area contributed by atoms with Crippen molar-refractivity contribution < 1.29 is 0 Å². The Labute approximate surface area is 169 Å². The first-order valence-corrected chi connectivity index (χ1v) is 10.0. The fourth-order valence-electron chi connectivity index (χ4n) is 3.67. The first-order valence-electron chi connectivity index (χ1n) is 9.10. The first kappa shape index (κ1) is 16.1. The molecule has 0 atom stereocenters. The number of thiophene rings is 1. The van der Waals surface area contributed by atoms with Crippen LogP contribution in [0.25, 0.3) is 55.4 Å². The summed E-state index contributed by atoms with van der Waals surface area (Å²) in [6.45, 7) is 0. The fraction of sp³-hybridized carbons (Fsp3) is 0. The Morgan fingerprint density at radius 2 is 1.69 bits per heavy atom. The molecule has 0 spiro atoms. The quantitative estimate of drug-likeness (QED) is 0.427. The van der Waals surface area contributed by atoms with Crippen LogP contribution in [0.4, 0.5) is 0 Å². The molecule has 0 radical (unpaired) electrons. The third-order valence-corrected chi connectivity index (χ3v) is 5.77. The van der Waals surface area contributed by atoms with Crippen LogP contribution < -0.4 is 0 Å². The Bertz CT molecular complexity index is 1450. The Morgan fingerprint density at radius 3 is 2.55 bits per heavy atom. The van der Waals surface area contributed by atoms with Crippen molar-refractivity contribution in [2.24, 2.45) is 0 Å². The number of nitrogens with one attached hydrogen (secondary N) is 2. The highest BCUT2D eigenvalue weighted by molar-refractivity contribution is 7.08. The second-order valence-corrected chi connectivity index (χ2v) is 7.58. The van der Waals surface area contributed by atoms with Crippen molar-refractivity contribution in [3.63, 3.8) is 0 Å². The lowest BCUT2D eigenvalue weighted by atomic mass is 10.0. The normalized spacial score (nSPS) is 11.4. The van der Waals surface area contributed by atoms with E-state index in [2.05, 4.69) is 59.1 Å². The number of benzene rings is 1. The van der Waals surface area contributed by atoms with Crippen molar-refractivity contribution in [3.05, 3.63) is 72.2 Å². The molecule has 0 aliphatic carbocycles. The van der Waals surface area contributed by atoms with Gasteiger partial charge in [0.05, 0.1) is 22.9 Å². The topological polar surface area (TPSA) is 83.1 Å². The molecular formula is C22H14N6S. The van der Waals surface area contributed by atoms with Gasteiger partial charge in [-0.05, 0) is 46.2 Å². The van der Waals surface area contributed by atoms with Crippen molar-refractivity contribution in [2.45, 2.75) is 0 Å². The van der Waals surface area contributed by atoms with E-state index in [1.807, 2.05) is 36.9 Å². The van der Waals surface area contributed by atoms with E-state index in [0.29, 0.717) is 0 Å². The average molecular weight is 394 g/mol. The van der Waals surface area contributed by atoms with E-state index in [4.69, 9.17) is 0 Å². The number of nitrogens with zero attached hydrogens (tertiary/aromatic N) is 4. The van der Waals surface area contributed by atoms with Gasteiger partial charge in [0, 0.05) is 40.5 Å². The molecule has 0 aliphatic heterocycles. The molecule has 0 saturated carbocycles. The maximum Gasteiger partial charge on any atom is 0.116 e. The van der Waals surface area contributed by atoms with Gasteiger partial charge in [-0.2, -0.15) is 16.4 Å². The van der Waals surface area contributed by atoms with Crippen LogP contribution in [0.3, 0.4) is 0 Å². The van der Waals surface area contributed by atoms with Crippen LogP contribution >= 0.6 is 11.3 Å². The zero-order valence-electron chi connectivity index (χ0n) is 15.1. The molecule has 6 aromatic rings. The summed E-state index contributed by atoms with van der Waals surface area (Å²) in [5, 5.41) is 14.1. The average Bonchev–Trinajstić information content (AvgIpc) is 3.52. The van der Waals surface area contributed by atoms with Crippen molar-refractivity contribution >= 4 is 33.1 Å². The number of pyridine rings is 1. The minimum absolute atomic E-state index is 0.881. The van der Waals surface area contributed by atoms with Gasteiger partial charge >= 0.3 is 0 Å². The van der Waals surface area contributed by atoms with Crippen molar-refractivity contribution in [2.75, 3.05) is 0 Å². The summed E-state index contributed by atoms with van der Waals surface area (Å²) in [7, 11) is 0. The van der Waals surface area contributed by atoms with Crippen molar-refractivity contribution in [1.29, 1.82) is 0 Å². The summed E-state index contributed by atoms with van der Waals surface area (Å²) >= 11 is 1.68. The van der Waals surface area contributed by atoms with Crippen molar-refractivity contribution in [1.82, 2.24) is 30.1 Å². The molecular weight excluding hydrogens is 380 g/mol. The Balaban J connectivity index is 1.53. The second kappa shape index (κ2) is 6.35. The predicted molar refractivity (Wildman–Crippen MR) is 116 cm³/mol. The van der Waals surface area contributed by atoms with E-state index < -0.39 is 0 Å². The van der Waals surface area contributed by atoms with Gasteiger partial charge in [0.25, 0.3) is 0 Å². The molecule has 2 N–H and O–H groups in total. The number of fused-ring (bicyclic) bond motifs is 2. The van der Waals surface area contributed by atoms with Gasteiger partial charge in [-0.1, -0.05) is 6.07 Å². The Kier molecular flexibility index (Phi) is 3.54. The van der Waals surface area contributed by atoms with Gasteiger partial charge in [0.15, 0.2) is 0 Å². The predicted octanol–water partition coefficient (Wildman–Crippen LogP) is 5.29. The molecule has 138 valence electrons. The third-order valence-electron chi connectivity index (χ3n) is 5.09. The molecule has 29 heavy (non-hydrogen) atoms.